The highest BCUT2D eigenvalue weighted by molar-refractivity contribution is 5.78. The van der Waals surface area contributed by atoms with Crippen molar-refractivity contribution >= 4 is 5.91 Å². The molecule has 16 heavy (non-hydrogen) atoms. The van der Waals surface area contributed by atoms with Gasteiger partial charge in [0.1, 0.15) is 0 Å². The number of nitrogens with one attached hydrogen (secondary N) is 1. The summed E-state index contributed by atoms with van der Waals surface area (Å²) < 4.78 is 0. The molecule has 1 rings (SSSR count). The molecular weight excluding hydrogens is 200 g/mol. The van der Waals surface area contributed by atoms with Crippen LogP contribution in [0.5, 0.6) is 0 Å². The number of nitriles is 1. The Morgan fingerprint density at radius 1 is 1.31 bits per heavy atom. The quantitative estimate of drug-likeness (QED) is 0.746. The lowest BCUT2D eigenvalue weighted by atomic mass is 9.94. The van der Waals surface area contributed by atoms with Gasteiger partial charge < -0.3 is 5.32 Å². The molecule has 1 saturated carbocycles. The fraction of sp³-hybridized carbons (Fsp3) is 0.846. The van der Waals surface area contributed by atoms with Crippen molar-refractivity contribution in [3.8, 4) is 6.07 Å². The maximum Gasteiger partial charge on any atom is 0.223 e. The van der Waals surface area contributed by atoms with E-state index in [1.807, 2.05) is 13.8 Å². The fourth-order valence-electron chi connectivity index (χ4n) is 2.03. The van der Waals surface area contributed by atoms with Crippen LogP contribution in [-0.4, -0.2) is 12.5 Å². The summed E-state index contributed by atoms with van der Waals surface area (Å²) in [6, 6.07) is 2.20. The van der Waals surface area contributed by atoms with Crippen molar-refractivity contribution in [1.82, 2.24) is 5.32 Å². The van der Waals surface area contributed by atoms with Crippen molar-refractivity contribution < 1.29 is 4.79 Å². The van der Waals surface area contributed by atoms with Crippen LogP contribution in [0.3, 0.4) is 0 Å². The van der Waals surface area contributed by atoms with Crippen molar-refractivity contribution in [2.75, 3.05) is 6.54 Å². The Balaban J connectivity index is 2.37. The summed E-state index contributed by atoms with van der Waals surface area (Å²) in [6.45, 7) is 4.15. The molecule has 0 saturated heterocycles. The monoisotopic (exact) mass is 222 g/mol. The third-order valence-corrected chi connectivity index (χ3v) is 3.23. The summed E-state index contributed by atoms with van der Waals surface area (Å²) in [5.41, 5.74) is -0.458. The average molecular weight is 222 g/mol. The molecule has 1 fully saturated rings. The molecule has 1 N–H and O–H groups in total. The van der Waals surface area contributed by atoms with Crippen molar-refractivity contribution in [3.05, 3.63) is 0 Å². The van der Waals surface area contributed by atoms with E-state index < -0.39 is 5.41 Å². The Morgan fingerprint density at radius 3 is 2.38 bits per heavy atom. The molecule has 1 aliphatic rings. The van der Waals surface area contributed by atoms with Crippen LogP contribution in [0.1, 0.15) is 52.4 Å². The van der Waals surface area contributed by atoms with Crippen LogP contribution in [0.2, 0.25) is 0 Å². The van der Waals surface area contributed by atoms with Gasteiger partial charge in [0, 0.05) is 12.5 Å². The first-order chi connectivity index (χ1) is 7.55. The van der Waals surface area contributed by atoms with E-state index in [-0.39, 0.29) is 11.8 Å². The summed E-state index contributed by atoms with van der Waals surface area (Å²) in [4.78, 5) is 11.9. The molecule has 0 radical (unpaired) electrons. The lowest BCUT2D eigenvalue weighted by Gasteiger charge is -2.19. The maximum atomic E-state index is 11.9. The van der Waals surface area contributed by atoms with Gasteiger partial charge in [-0.25, -0.2) is 0 Å². The first kappa shape index (κ1) is 13.0. The van der Waals surface area contributed by atoms with Crippen LogP contribution in [0.25, 0.3) is 0 Å². The van der Waals surface area contributed by atoms with Gasteiger partial charge in [-0.3, -0.25) is 4.79 Å². The Bertz CT molecular complexity index is 270. The number of carbonyl (C=O) groups is 1. The summed E-state index contributed by atoms with van der Waals surface area (Å²) in [5.74, 6) is 0.321. The largest absolute Gasteiger partial charge is 0.354 e. The van der Waals surface area contributed by atoms with E-state index in [0.29, 0.717) is 6.54 Å². The van der Waals surface area contributed by atoms with E-state index in [9.17, 15) is 4.79 Å². The van der Waals surface area contributed by atoms with Gasteiger partial charge in [0.05, 0.1) is 11.5 Å². The van der Waals surface area contributed by atoms with Crippen LogP contribution < -0.4 is 5.32 Å². The van der Waals surface area contributed by atoms with E-state index in [1.54, 1.807) is 0 Å². The number of nitrogens with zero attached hydrogens (tertiary/aromatic N) is 1. The molecule has 0 aromatic rings. The highest BCUT2D eigenvalue weighted by Gasteiger charge is 2.23. The van der Waals surface area contributed by atoms with Gasteiger partial charge >= 0.3 is 0 Å². The first-order valence-electron chi connectivity index (χ1n) is 6.24. The Hall–Kier alpha value is -1.04. The van der Waals surface area contributed by atoms with Crippen molar-refractivity contribution in [3.63, 3.8) is 0 Å². The minimum absolute atomic E-state index is 0.144. The predicted octanol–water partition coefficient (Wildman–Crippen LogP) is 2.62. The third kappa shape index (κ3) is 4.22. The smallest absolute Gasteiger partial charge is 0.223 e. The Kier molecular flexibility index (Phi) is 4.79. The normalized spacial score (nSPS) is 18.6. The van der Waals surface area contributed by atoms with Gasteiger partial charge in [-0.2, -0.15) is 5.26 Å². The molecule has 0 spiro atoms. The maximum absolute atomic E-state index is 11.9. The summed E-state index contributed by atoms with van der Waals surface area (Å²) in [5, 5.41) is 11.8. The molecule has 0 bridgehead atoms. The Labute approximate surface area is 98.2 Å². The SMILES string of the molecule is CC(C)(C#N)CNC(=O)C1CCCCCC1. The van der Waals surface area contributed by atoms with Crippen LogP contribution in [0, 0.1) is 22.7 Å². The van der Waals surface area contributed by atoms with E-state index in [1.165, 1.54) is 25.7 Å². The van der Waals surface area contributed by atoms with Gasteiger partial charge in [-0.05, 0) is 26.7 Å². The predicted molar refractivity (Wildman–Crippen MR) is 63.6 cm³/mol. The highest BCUT2D eigenvalue weighted by atomic mass is 16.1. The van der Waals surface area contributed by atoms with Crippen molar-refractivity contribution in [1.29, 1.82) is 5.26 Å². The van der Waals surface area contributed by atoms with Gasteiger partial charge in [-0.15, -0.1) is 0 Å². The summed E-state index contributed by atoms with van der Waals surface area (Å²) in [7, 11) is 0. The zero-order chi connectivity index (χ0) is 12.0. The lowest BCUT2D eigenvalue weighted by Crippen LogP contribution is -2.37. The number of amides is 1. The molecule has 3 heteroatoms. The molecule has 90 valence electrons. The molecule has 0 aliphatic heterocycles. The van der Waals surface area contributed by atoms with Gasteiger partial charge in [0.15, 0.2) is 0 Å². The van der Waals surface area contributed by atoms with Crippen LogP contribution >= 0.6 is 0 Å². The van der Waals surface area contributed by atoms with E-state index in [2.05, 4.69) is 11.4 Å². The highest BCUT2D eigenvalue weighted by Crippen LogP contribution is 2.23. The second-order valence-electron chi connectivity index (χ2n) is 5.40. The molecule has 1 amide bonds. The number of hydrogen-bond donors (Lipinski definition) is 1. The second kappa shape index (κ2) is 5.89. The zero-order valence-corrected chi connectivity index (χ0v) is 10.4. The van der Waals surface area contributed by atoms with E-state index in [4.69, 9.17) is 5.26 Å². The number of rotatable bonds is 3. The molecule has 3 nitrogen and oxygen atoms in total. The Morgan fingerprint density at radius 2 is 1.88 bits per heavy atom. The molecule has 0 aromatic carbocycles. The van der Waals surface area contributed by atoms with Crippen LogP contribution in [0.4, 0.5) is 0 Å². The minimum Gasteiger partial charge on any atom is -0.354 e. The topological polar surface area (TPSA) is 52.9 Å². The van der Waals surface area contributed by atoms with Crippen molar-refractivity contribution in [2.24, 2.45) is 11.3 Å². The second-order valence-corrected chi connectivity index (χ2v) is 5.40. The van der Waals surface area contributed by atoms with E-state index in [0.717, 1.165) is 12.8 Å². The zero-order valence-electron chi connectivity index (χ0n) is 10.4. The summed E-state index contributed by atoms with van der Waals surface area (Å²) in [6.07, 6.45) is 6.87. The summed E-state index contributed by atoms with van der Waals surface area (Å²) >= 11 is 0. The van der Waals surface area contributed by atoms with E-state index >= 15 is 0 Å². The van der Waals surface area contributed by atoms with Gasteiger partial charge in [0.25, 0.3) is 0 Å². The molecule has 0 heterocycles. The van der Waals surface area contributed by atoms with Gasteiger partial charge in [-0.1, -0.05) is 25.7 Å². The number of hydrogen-bond acceptors (Lipinski definition) is 2. The molecule has 0 atom stereocenters. The van der Waals surface area contributed by atoms with Crippen LogP contribution in [-0.2, 0) is 4.79 Å². The molecule has 1 aliphatic carbocycles. The van der Waals surface area contributed by atoms with Crippen molar-refractivity contribution in [2.45, 2.75) is 52.4 Å². The molecule has 0 aromatic heterocycles. The standard InChI is InChI=1S/C13H22N2O/c1-13(2,9-14)10-15-12(16)11-7-5-3-4-6-8-11/h11H,3-8,10H2,1-2H3,(H,15,16). The fourth-order valence-corrected chi connectivity index (χ4v) is 2.03. The average Bonchev–Trinajstić information content (AvgIpc) is 2.54. The minimum atomic E-state index is -0.458. The number of carbonyl (C=O) groups excluding carboxylic acids is 1. The van der Waals surface area contributed by atoms with Gasteiger partial charge in [0.2, 0.25) is 5.91 Å². The first-order valence-corrected chi connectivity index (χ1v) is 6.24. The molecule has 0 unspecified atom stereocenters. The van der Waals surface area contributed by atoms with Crippen LogP contribution in [0.15, 0.2) is 0 Å². The lowest BCUT2D eigenvalue weighted by molar-refractivity contribution is -0.125. The third-order valence-electron chi connectivity index (χ3n) is 3.23. The molecular formula is C13H22N2O.